The first-order valence-electron chi connectivity index (χ1n) is 5.85. The SMILES string of the molecule is CN(C)S(=O)(=O)c1ccc(I)c(C(=O)N2CCC2)c1. The molecule has 5 nitrogen and oxygen atoms in total. The fourth-order valence-corrected chi connectivity index (χ4v) is 3.22. The Balaban J connectivity index is 2.43. The van der Waals surface area contributed by atoms with Crippen molar-refractivity contribution >= 4 is 38.5 Å². The van der Waals surface area contributed by atoms with Crippen molar-refractivity contribution in [3.63, 3.8) is 0 Å². The highest BCUT2D eigenvalue weighted by atomic mass is 127. The van der Waals surface area contributed by atoms with Gasteiger partial charge in [-0.15, -0.1) is 0 Å². The lowest BCUT2D eigenvalue weighted by molar-refractivity contribution is 0.0650. The van der Waals surface area contributed by atoms with E-state index in [1.165, 1.54) is 26.2 Å². The van der Waals surface area contributed by atoms with Crippen LogP contribution in [0.15, 0.2) is 23.1 Å². The highest BCUT2D eigenvalue weighted by molar-refractivity contribution is 14.1. The largest absolute Gasteiger partial charge is 0.338 e. The third-order valence-corrected chi connectivity index (χ3v) is 5.84. The molecule has 2 rings (SSSR count). The fourth-order valence-electron chi connectivity index (χ4n) is 1.73. The summed E-state index contributed by atoms with van der Waals surface area (Å²) in [6.45, 7) is 1.50. The van der Waals surface area contributed by atoms with Gasteiger partial charge in [-0.05, 0) is 47.2 Å². The molecule has 0 bridgehead atoms. The second kappa shape index (κ2) is 5.37. The van der Waals surface area contributed by atoms with Gasteiger partial charge >= 0.3 is 0 Å². The third-order valence-electron chi connectivity index (χ3n) is 3.09. The lowest BCUT2D eigenvalue weighted by atomic mass is 10.1. The first kappa shape index (κ1) is 14.7. The Morgan fingerprint density at radius 3 is 2.42 bits per heavy atom. The minimum absolute atomic E-state index is 0.0912. The normalized spacial score (nSPS) is 15.5. The third kappa shape index (κ3) is 2.77. The number of carbonyl (C=O) groups is 1. The zero-order valence-electron chi connectivity index (χ0n) is 10.8. The molecular formula is C12H15IN2O3S. The molecule has 0 radical (unpaired) electrons. The molecule has 1 aliphatic rings. The highest BCUT2D eigenvalue weighted by Gasteiger charge is 2.25. The van der Waals surface area contributed by atoms with Gasteiger partial charge in [0.1, 0.15) is 0 Å². The van der Waals surface area contributed by atoms with E-state index in [0.29, 0.717) is 5.56 Å². The molecule has 7 heteroatoms. The van der Waals surface area contributed by atoms with Crippen LogP contribution in [0.25, 0.3) is 0 Å². The smallest absolute Gasteiger partial charge is 0.254 e. The van der Waals surface area contributed by atoms with Crippen LogP contribution in [0.5, 0.6) is 0 Å². The number of sulfonamides is 1. The lowest BCUT2D eigenvalue weighted by Crippen LogP contribution is -2.42. The van der Waals surface area contributed by atoms with E-state index >= 15 is 0 Å². The van der Waals surface area contributed by atoms with E-state index < -0.39 is 10.0 Å². The molecule has 104 valence electrons. The van der Waals surface area contributed by atoms with Gasteiger partial charge < -0.3 is 4.90 Å². The summed E-state index contributed by atoms with van der Waals surface area (Å²) in [5, 5.41) is 0. The Morgan fingerprint density at radius 2 is 1.95 bits per heavy atom. The number of nitrogens with zero attached hydrogens (tertiary/aromatic N) is 2. The molecule has 0 saturated carbocycles. The van der Waals surface area contributed by atoms with E-state index in [1.54, 1.807) is 11.0 Å². The second-order valence-electron chi connectivity index (χ2n) is 4.57. The van der Waals surface area contributed by atoms with Crippen molar-refractivity contribution in [2.75, 3.05) is 27.2 Å². The minimum atomic E-state index is -3.50. The van der Waals surface area contributed by atoms with E-state index in [0.717, 1.165) is 27.4 Å². The van der Waals surface area contributed by atoms with Crippen molar-refractivity contribution in [2.45, 2.75) is 11.3 Å². The van der Waals surface area contributed by atoms with Crippen LogP contribution in [-0.4, -0.2) is 50.7 Å². The van der Waals surface area contributed by atoms with Crippen LogP contribution in [0.1, 0.15) is 16.8 Å². The molecule has 0 aromatic heterocycles. The summed E-state index contributed by atoms with van der Waals surface area (Å²) in [4.78, 5) is 14.1. The zero-order valence-corrected chi connectivity index (χ0v) is 13.7. The summed E-state index contributed by atoms with van der Waals surface area (Å²) >= 11 is 2.06. The van der Waals surface area contributed by atoms with Crippen molar-refractivity contribution in [2.24, 2.45) is 0 Å². The molecule has 19 heavy (non-hydrogen) atoms. The second-order valence-corrected chi connectivity index (χ2v) is 7.89. The molecule has 1 aromatic carbocycles. The van der Waals surface area contributed by atoms with Crippen LogP contribution in [0.2, 0.25) is 0 Å². The molecule has 0 aliphatic carbocycles. The Bertz CT molecular complexity index is 609. The summed E-state index contributed by atoms with van der Waals surface area (Å²) < 4.78 is 26.1. The summed E-state index contributed by atoms with van der Waals surface area (Å²) in [5.74, 6) is -0.0912. The van der Waals surface area contributed by atoms with Gasteiger partial charge in [-0.2, -0.15) is 0 Å². The molecule has 1 amide bonds. The standard InChI is InChI=1S/C12H15IN2O3S/c1-14(2)19(17,18)9-4-5-11(13)10(8-9)12(16)15-6-3-7-15/h4-5,8H,3,6-7H2,1-2H3. The number of halogens is 1. The fraction of sp³-hybridized carbons (Fsp3) is 0.417. The van der Waals surface area contributed by atoms with Gasteiger partial charge in [0.2, 0.25) is 10.0 Å². The molecule has 1 heterocycles. The Morgan fingerprint density at radius 1 is 1.32 bits per heavy atom. The highest BCUT2D eigenvalue weighted by Crippen LogP contribution is 2.22. The number of rotatable bonds is 3. The van der Waals surface area contributed by atoms with Gasteiger partial charge in [-0.3, -0.25) is 4.79 Å². The van der Waals surface area contributed by atoms with Crippen molar-refractivity contribution in [3.8, 4) is 0 Å². The Labute approximate surface area is 126 Å². The zero-order chi connectivity index (χ0) is 14.2. The molecule has 0 atom stereocenters. The number of carbonyl (C=O) groups excluding carboxylic acids is 1. The summed E-state index contributed by atoms with van der Waals surface area (Å²) in [6.07, 6.45) is 1.01. The van der Waals surface area contributed by atoms with E-state index in [-0.39, 0.29) is 10.8 Å². The van der Waals surface area contributed by atoms with Gasteiger partial charge in [-0.25, -0.2) is 12.7 Å². The van der Waals surface area contributed by atoms with Crippen LogP contribution >= 0.6 is 22.6 Å². The van der Waals surface area contributed by atoms with Crippen LogP contribution < -0.4 is 0 Å². The van der Waals surface area contributed by atoms with Gasteiger partial charge in [0, 0.05) is 30.8 Å². The summed E-state index contributed by atoms with van der Waals surface area (Å²) in [7, 11) is -0.552. The molecule has 1 fully saturated rings. The van der Waals surface area contributed by atoms with Crippen LogP contribution in [-0.2, 0) is 10.0 Å². The minimum Gasteiger partial charge on any atom is -0.338 e. The molecule has 1 aromatic rings. The monoisotopic (exact) mass is 394 g/mol. The number of benzene rings is 1. The number of hydrogen-bond donors (Lipinski definition) is 0. The van der Waals surface area contributed by atoms with Gasteiger partial charge in [0.15, 0.2) is 0 Å². The van der Waals surface area contributed by atoms with Gasteiger partial charge in [0.25, 0.3) is 5.91 Å². The molecule has 0 unspecified atom stereocenters. The summed E-state index contributed by atoms with van der Waals surface area (Å²) in [5.41, 5.74) is 0.461. The van der Waals surface area contributed by atoms with E-state index in [4.69, 9.17) is 0 Å². The maximum Gasteiger partial charge on any atom is 0.254 e. The molecule has 0 spiro atoms. The lowest BCUT2D eigenvalue weighted by Gasteiger charge is -2.31. The van der Waals surface area contributed by atoms with Crippen LogP contribution in [0.4, 0.5) is 0 Å². The topological polar surface area (TPSA) is 57.7 Å². The molecule has 0 N–H and O–H groups in total. The van der Waals surface area contributed by atoms with Crippen molar-refractivity contribution < 1.29 is 13.2 Å². The van der Waals surface area contributed by atoms with Crippen LogP contribution in [0, 0.1) is 3.57 Å². The van der Waals surface area contributed by atoms with Gasteiger partial charge in [0.05, 0.1) is 10.5 Å². The van der Waals surface area contributed by atoms with Crippen molar-refractivity contribution in [3.05, 3.63) is 27.3 Å². The van der Waals surface area contributed by atoms with E-state index in [9.17, 15) is 13.2 Å². The molecular weight excluding hydrogens is 379 g/mol. The van der Waals surface area contributed by atoms with E-state index in [2.05, 4.69) is 22.6 Å². The van der Waals surface area contributed by atoms with E-state index in [1.807, 2.05) is 0 Å². The first-order chi connectivity index (χ1) is 8.84. The predicted octanol–water partition coefficient (Wildman–Crippen LogP) is 1.39. The average Bonchev–Trinajstić information content (AvgIpc) is 2.26. The number of hydrogen-bond acceptors (Lipinski definition) is 3. The Kier molecular flexibility index (Phi) is 4.17. The maximum absolute atomic E-state index is 12.2. The quantitative estimate of drug-likeness (QED) is 0.729. The summed E-state index contributed by atoms with van der Waals surface area (Å²) in [6, 6.07) is 4.67. The van der Waals surface area contributed by atoms with Gasteiger partial charge in [-0.1, -0.05) is 0 Å². The average molecular weight is 394 g/mol. The molecule has 1 aliphatic heterocycles. The molecule has 1 saturated heterocycles. The first-order valence-corrected chi connectivity index (χ1v) is 8.37. The number of amides is 1. The Hall–Kier alpha value is -0.670. The van der Waals surface area contributed by atoms with Crippen molar-refractivity contribution in [1.29, 1.82) is 0 Å². The predicted molar refractivity (Wildman–Crippen MR) is 80.6 cm³/mol. The maximum atomic E-state index is 12.2. The van der Waals surface area contributed by atoms with Crippen LogP contribution in [0.3, 0.4) is 0 Å². The van der Waals surface area contributed by atoms with Crippen molar-refractivity contribution in [1.82, 2.24) is 9.21 Å². The number of likely N-dealkylation sites (tertiary alicyclic amines) is 1.